The van der Waals surface area contributed by atoms with Gasteiger partial charge in [-0.15, -0.1) is 0 Å². The number of hydrogen-bond acceptors (Lipinski definition) is 7. The Morgan fingerprint density at radius 1 is 1.03 bits per heavy atom. The highest BCUT2D eigenvalue weighted by molar-refractivity contribution is 7.89. The van der Waals surface area contributed by atoms with E-state index >= 15 is 0 Å². The van der Waals surface area contributed by atoms with Gasteiger partial charge in [0.1, 0.15) is 10.7 Å². The smallest absolute Gasteiger partial charge is 0.338 e. The highest BCUT2D eigenvalue weighted by atomic mass is 32.2. The molecule has 0 spiro atoms. The first-order valence-corrected chi connectivity index (χ1v) is 11.4. The summed E-state index contributed by atoms with van der Waals surface area (Å²) >= 11 is 0. The quantitative estimate of drug-likeness (QED) is 0.654. The summed E-state index contributed by atoms with van der Waals surface area (Å²) in [5, 5.41) is 2.55. The van der Waals surface area contributed by atoms with Crippen LogP contribution in [0.15, 0.2) is 41.3 Å². The van der Waals surface area contributed by atoms with E-state index in [1.165, 1.54) is 4.31 Å². The molecule has 1 amide bonds. The number of fused-ring (bicyclic) bond motifs is 1. The average molecular weight is 464 g/mol. The van der Waals surface area contributed by atoms with Crippen molar-refractivity contribution in [2.24, 2.45) is 0 Å². The molecule has 0 unspecified atom stereocenters. The Balaban J connectivity index is 1.40. The first-order valence-electron chi connectivity index (χ1n) is 10.0. The second-order valence-corrected chi connectivity index (χ2v) is 9.21. The van der Waals surface area contributed by atoms with Crippen molar-refractivity contribution in [3.8, 4) is 11.5 Å². The normalized spacial score (nSPS) is 15.9. The fourth-order valence-electron chi connectivity index (χ4n) is 3.46. The SMILES string of the molecule is O=C(COC(=O)c1ccc(F)c(S(=O)(=O)N2CCCCC2)c1)Nc1ccc2c(c1)OCO2. The van der Waals surface area contributed by atoms with Crippen LogP contribution in [0.1, 0.15) is 29.6 Å². The molecule has 2 aromatic rings. The molecule has 1 saturated heterocycles. The van der Waals surface area contributed by atoms with Gasteiger partial charge in [0.15, 0.2) is 18.1 Å². The fraction of sp³-hybridized carbons (Fsp3) is 0.333. The van der Waals surface area contributed by atoms with Gasteiger partial charge in [-0.3, -0.25) is 4.79 Å². The molecule has 4 rings (SSSR count). The molecule has 0 radical (unpaired) electrons. The number of carbonyl (C=O) groups excluding carboxylic acids is 2. The minimum absolute atomic E-state index is 0.0947. The maximum absolute atomic E-state index is 14.3. The van der Waals surface area contributed by atoms with Gasteiger partial charge in [0.25, 0.3) is 5.91 Å². The molecule has 11 heteroatoms. The summed E-state index contributed by atoms with van der Waals surface area (Å²) < 4.78 is 56.5. The highest BCUT2D eigenvalue weighted by Gasteiger charge is 2.29. The lowest BCUT2D eigenvalue weighted by Crippen LogP contribution is -2.36. The van der Waals surface area contributed by atoms with Crippen LogP contribution in [0.4, 0.5) is 10.1 Å². The van der Waals surface area contributed by atoms with E-state index in [0.717, 1.165) is 24.6 Å². The van der Waals surface area contributed by atoms with Crippen LogP contribution < -0.4 is 14.8 Å². The largest absolute Gasteiger partial charge is 0.454 e. The van der Waals surface area contributed by atoms with Crippen molar-refractivity contribution in [2.75, 3.05) is 31.8 Å². The topological polar surface area (TPSA) is 111 Å². The molecule has 0 aromatic heterocycles. The summed E-state index contributed by atoms with van der Waals surface area (Å²) in [6.07, 6.45) is 2.30. The number of rotatable bonds is 6. The summed E-state index contributed by atoms with van der Waals surface area (Å²) in [6, 6.07) is 7.76. The second-order valence-electron chi connectivity index (χ2n) is 7.30. The molecule has 32 heavy (non-hydrogen) atoms. The van der Waals surface area contributed by atoms with E-state index in [1.807, 2.05) is 0 Å². The third-order valence-electron chi connectivity index (χ3n) is 5.09. The zero-order valence-corrected chi connectivity index (χ0v) is 17.8. The number of piperidine rings is 1. The summed E-state index contributed by atoms with van der Waals surface area (Å²) in [7, 11) is -4.08. The van der Waals surface area contributed by atoms with Crippen molar-refractivity contribution in [1.82, 2.24) is 4.31 Å². The highest BCUT2D eigenvalue weighted by Crippen LogP contribution is 2.34. The number of carbonyl (C=O) groups is 2. The maximum Gasteiger partial charge on any atom is 0.338 e. The van der Waals surface area contributed by atoms with Crippen LogP contribution in [0.25, 0.3) is 0 Å². The Hall–Kier alpha value is -3.18. The van der Waals surface area contributed by atoms with Crippen LogP contribution >= 0.6 is 0 Å². The van der Waals surface area contributed by atoms with Crippen LogP contribution in [0.2, 0.25) is 0 Å². The van der Waals surface area contributed by atoms with Crippen LogP contribution in [-0.4, -0.2) is 51.1 Å². The van der Waals surface area contributed by atoms with Crippen LogP contribution in [0.5, 0.6) is 11.5 Å². The molecular formula is C21H21FN2O7S. The van der Waals surface area contributed by atoms with Gasteiger partial charge in [0.05, 0.1) is 5.56 Å². The molecule has 2 aliphatic heterocycles. The fourth-order valence-corrected chi connectivity index (χ4v) is 5.07. The molecule has 9 nitrogen and oxygen atoms in total. The average Bonchev–Trinajstić information content (AvgIpc) is 3.26. The number of nitrogens with one attached hydrogen (secondary N) is 1. The summed E-state index contributed by atoms with van der Waals surface area (Å²) in [5.74, 6) is -1.47. The number of ether oxygens (including phenoxy) is 3. The van der Waals surface area contributed by atoms with Gasteiger partial charge in [0.2, 0.25) is 16.8 Å². The van der Waals surface area contributed by atoms with E-state index in [1.54, 1.807) is 18.2 Å². The van der Waals surface area contributed by atoms with E-state index in [0.29, 0.717) is 43.1 Å². The van der Waals surface area contributed by atoms with Crippen LogP contribution in [-0.2, 0) is 19.6 Å². The molecule has 1 fully saturated rings. The molecule has 2 heterocycles. The lowest BCUT2D eigenvalue weighted by molar-refractivity contribution is -0.119. The van der Waals surface area contributed by atoms with E-state index in [4.69, 9.17) is 14.2 Å². The van der Waals surface area contributed by atoms with Crippen molar-refractivity contribution in [1.29, 1.82) is 0 Å². The molecule has 0 saturated carbocycles. The standard InChI is InChI=1S/C21H21FN2O7S/c22-16-6-4-14(10-19(16)32(27,28)24-8-2-1-3-9-24)21(26)29-12-20(25)23-15-5-7-17-18(11-15)31-13-30-17/h4-7,10-11H,1-3,8-9,12-13H2,(H,23,25). The third-order valence-corrected chi connectivity index (χ3v) is 7.00. The zero-order chi connectivity index (χ0) is 22.7. The van der Waals surface area contributed by atoms with Crippen molar-refractivity contribution >= 4 is 27.6 Å². The van der Waals surface area contributed by atoms with E-state index in [9.17, 15) is 22.4 Å². The Kier molecular flexibility index (Phi) is 6.28. The zero-order valence-electron chi connectivity index (χ0n) is 17.0. The molecule has 1 N–H and O–H groups in total. The molecule has 170 valence electrons. The number of amides is 1. The number of anilines is 1. The van der Waals surface area contributed by atoms with Crippen molar-refractivity contribution < 1.29 is 36.6 Å². The predicted octanol–water partition coefficient (Wildman–Crippen LogP) is 2.52. The van der Waals surface area contributed by atoms with Gasteiger partial charge in [-0.25, -0.2) is 17.6 Å². The molecule has 2 aromatic carbocycles. The number of halogens is 1. The second kappa shape index (κ2) is 9.13. The van der Waals surface area contributed by atoms with E-state index in [2.05, 4.69) is 5.32 Å². The number of nitrogens with zero attached hydrogens (tertiary/aromatic N) is 1. The van der Waals surface area contributed by atoms with Gasteiger partial charge in [-0.05, 0) is 43.2 Å². The minimum atomic E-state index is -4.08. The first kappa shape index (κ1) is 22.0. The van der Waals surface area contributed by atoms with Crippen molar-refractivity contribution in [3.63, 3.8) is 0 Å². The summed E-state index contributed by atoms with van der Waals surface area (Å²) in [6.45, 7) is 0.0866. The Labute approximate surface area is 184 Å². The van der Waals surface area contributed by atoms with Gasteiger partial charge in [-0.1, -0.05) is 6.42 Å². The Morgan fingerprint density at radius 3 is 2.56 bits per heavy atom. The van der Waals surface area contributed by atoms with E-state index in [-0.39, 0.29) is 12.4 Å². The molecular weight excluding hydrogens is 443 g/mol. The van der Waals surface area contributed by atoms with Crippen molar-refractivity contribution in [3.05, 3.63) is 47.8 Å². The van der Waals surface area contributed by atoms with E-state index < -0.39 is 39.2 Å². The lowest BCUT2D eigenvalue weighted by Gasteiger charge is -2.26. The minimum Gasteiger partial charge on any atom is -0.454 e. The summed E-state index contributed by atoms with van der Waals surface area (Å²) in [4.78, 5) is 23.9. The number of sulfonamides is 1. The van der Waals surface area contributed by atoms with Crippen LogP contribution in [0.3, 0.4) is 0 Å². The lowest BCUT2D eigenvalue weighted by atomic mass is 10.2. The number of hydrogen-bond donors (Lipinski definition) is 1. The summed E-state index contributed by atoms with van der Waals surface area (Å²) in [5.41, 5.74) is 0.254. The Morgan fingerprint density at radius 2 is 1.78 bits per heavy atom. The Bertz CT molecular complexity index is 1150. The number of esters is 1. The van der Waals surface area contributed by atoms with Gasteiger partial charge in [-0.2, -0.15) is 4.31 Å². The molecule has 0 bridgehead atoms. The van der Waals surface area contributed by atoms with Gasteiger partial charge >= 0.3 is 5.97 Å². The third kappa shape index (κ3) is 4.68. The first-order chi connectivity index (χ1) is 15.3. The molecule has 0 atom stereocenters. The van der Waals surface area contributed by atoms with Gasteiger partial charge < -0.3 is 19.5 Å². The monoisotopic (exact) mass is 464 g/mol. The van der Waals surface area contributed by atoms with Crippen molar-refractivity contribution in [2.45, 2.75) is 24.2 Å². The van der Waals surface area contributed by atoms with Gasteiger partial charge in [0, 0.05) is 24.8 Å². The number of benzene rings is 2. The van der Waals surface area contributed by atoms with Crippen LogP contribution in [0, 0.1) is 5.82 Å². The molecule has 2 aliphatic rings. The maximum atomic E-state index is 14.3. The molecule has 0 aliphatic carbocycles. The predicted molar refractivity (Wildman–Crippen MR) is 110 cm³/mol.